The van der Waals surface area contributed by atoms with Crippen LogP contribution in [0.2, 0.25) is 0 Å². The SMILES string of the molecule is C[C@H](NC(=O)[C@H](Cc1ccccc1)NC(=O)[C@H](Cc1ccccc1)NC(=O)[C@H](CC(N)=O)NC(=O)[C@@H](N)CO)C(=O)OCc1ccccc1. The van der Waals surface area contributed by atoms with Gasteiger partial charge in [0, 0.05) is 12.8 Å². The molecule has 0 aliphatic heterocycles. The van der Waals surface area contributed by atoms with Crippen molar-refractivity contribution < 1.29 is 38.6 Å². The van der Waals surface area contributed by atoms with Crippen LogP contribution in [-0.4, -0.2) is 77.4 Å². The minimum Gasteiger partial charge on any atom is -0.459 e. The zero-order valence-electron chi connectivity index (χ0n) is 27.0. The lowest BCUT2D eigenvalue weighted by atomic mass is 10.0. The fourth-order valence-electron chi connectivity index (χ4n) is 4.66. The molecule has 0 spiro atoms. The minimum atomic E-state index is -1.51. The monoisotopic (exact) mass is 674 g/mol. The first-order chi connectivity index (χ1) is 23.5. The van der Waals surface area contributed by atoms with E-state index in [0.29, 0.717) is 11.1 Å². The number of benzene rings is 3. The van der Waals surface area contributed by atoms with Crippen molar-refractivity contribution in [2.24, 2.45) is 11.5 Å². The second-order valence-corrected chi connectivity index (χ2v) is 11.3. The van der Waals surface area contributed by atoms with Gasteiger partial charge < -0.3 is 42.6 Å². The molecule has 0 saturated heterocycles. The van der Waals surface area contributed by atoms with E-state index in [1.54, 1.807) is 84.9 Å². The van der Waals surface area contributed by atoms with E-state index in [1.165, 1.54) is 6.92 Å². The van der Waals surface area contributed by atoms with E-state index in [9.17, 15) is 33.9 Å². The van der Waals surface area contributed by atoms with Crippen LogP contribution in [0.25, 0.3) is 0 Å². The molecule has 0 saturated carbocycles. The van der Waals surface area contributed by atoms with Gasteiger partial charge in [-0.25, -0.2) is 4.79 Å². The third kappa shape index (κ3) is 12.8. The summed E-state index contributed by atoms with van der Waals surface area (Å²) in [5, 5.41) is 19.3. The standard InChI is InChI=1S/C35H42N6O8/c1-22(35(48)49-21-25-15-9-4-10-16-25)38-32(45)27(17-23-11-5-2-6-12-23)40-33(46)28(18-24-13-7-3-8-14-24)41-34(47)29(19-30(37)43)39-31(44)26(36)20-42/h2-16,22,26-29,42H,17-21,36H2,1H3,(H2,37,43)(H,38,45)(H,39,44)(H,40,46)(H,41,47)/t22-,26-,27-,28-,29-/m0/s1. The fraction of sp³-hybridized carbons (Fsp3) is 0.314. The van der Waals surface area contributed by atoms with Gasteiger partial charge in [0.2, 0.25) is 29.5 Å². The molecule has 0 aliphatic carbocycles. The van der Waals surface area contributed by atoms with Gasteiger partial charge in [-0.3, -0.25) is 24.0 Å². The summed E-state index contributed by atoms with van der Waals surface area (Å²) in [7, 11) is 0. The molecular weight excluding hydrogens is 632 g/mol. The topological polar surface area (TPSA) is 232 Å². The highest BCUT2D eigenvalue weighted by Gasteiger charge is 2.32. The van der Waals surface area contributed by atoms with E-state index >= 15 is 0 Å². The summed E-state index contributed by atoms with van der Waals surface area (Å²) in [6.07, 6.45) is -0.615. The van der Waals surface area contributed by atoms with Gasteiger partial charge in [0.25, 0.3) is 0 Å². The van der Waals surface area contributed by atoms with Crippen molar-refractivity contribution in [3.05, 3.63) is 108 Å². The van der Waals surface area contributed by atoms with Crippen LogP contribution in [0.5, 0.6) is 0 Å². The van der Waals surface area contributed by atoms with Crippen molar-refractivity contribution in [1.82, 2.24) is 21.3 Å². The highest BCUT2D eigenvalue weighted by molar-refractivity contribution is 5.97. The lowest BCUT2D eigenvalue weighted by Crippen LogP contribution is -2.59. The molecule has 3 aromatic rings. The molecule has 0 aliphatic rings. The number of hydrogen-bond donors (Lipinski definition) is 7. The fourth-order valence-corrected chi connectivity index (χ4v) is 4.66. The molecule has 260 valence electrons. The number of carbonyl (C=O) groups is 6. The number of esters is 1. The Morgan fingerprint density at radius 1 is 0.633 bits per heavy atom. The van der Waals surface area contributed by atoms with E-state index in [-0.39, 0.29) is 19.4 Å². The molecule has 3 rings (SSSR count). The molecule has 5 amide bonds. The average molecular weight is 675 g/mol. The lowest BCUT2D eigenvalue weighted by Gasteiger charge is -2.26. The number of carbonyl (C=O) groups excluding carboxylic acids is 6. The normalized spacial score (nSPS) is 13.8. The molecular formula is C35H42N6O8. The molecule has 0 aromatic heterocycles. The second-order valence-electron chi connectivity index (χ2n) is 11.3. The van der Waals surface area contributed by atoms with E-state index in [1.807, 2.05) is 6.07 Å². The van der Waals surface area contributed by atoms with Crippen molar-refractivity contribution in [1.29, 1.82) is 0 Å². The maximum absolute atomic E-state index is 13.9. The van der Waals surface area contributed by atoms with Gasteiger partial charge in [-0.1, -0.05) is 91.0 Å². The number of aliphatic hydroxyl groups is 1. The van der Waals surface area contributed by atoms with Crippen LogP contribution >= 0.6 is 0 Å². The average Bonchev–Trinajstić information content (AvgIpc) is 3.10. The third-order valence-corrected chi connectivity index (χ3v) is 7.34. The molecule has 0 fully saturated rings. The molecule has 0 heterocycles. The van der Waals surface area contributed by atoms with Crippen molar-refractivity contribution in [2.75, 3.05) is 6.61 Å². The summed E-state index contributed by atoms with van der Waals surface area (Å²) in [6, 6.07) is 20.1. The summed E-state index contributed by atoms with van der Waals surface area (Å²) in [4.78, 5) is 77.6. The lowest BCUT2D eigenvalue weighted by molar-refractivity contribution is -0.148. The van der Waals surface area contributed by atoms with Crippen LogP contribution in [0, 0.1) is 0 Å². The number of aliphatic hydroxyl groups excluding tert-OH is 1. The van der Waals surface area contributed by atoms with E-state index in [4.69, 9.17) is 16.2 Å². The van der Waals surface area contributed by atoms with Crippen LogP contribution in [0.15, 0.2) is 91.0 Å². The number of rotatable bonds is 18. The number of amides is 5. The molecule has 0 unspecified atom stereocenters. The van der Waals surface area contributed by atoms with Gasteiger partial charge >= 0.3 is 5.97 Å². The van der Waals surface area contributed by atoms with Gasteiger partial charge in [0.1, 0.15) is 36.8 Å². The summed E-state index contributed by atoms with van der Waals surface area (Å²) >= 11 is 0. The number of nitrogens with one attached hydrogen (secondary N) is 4. The first-order valence-corrected chi connectivity index (χ1v) is 15.6. The van der Waals surface area contributed by atoms with Crippen LogP contribution in [0.1, 0.15) is 30.0 Å². The van der Waals surface area contributed by atoms with Crippen molar-refractivity contribution in [3.8, 4) is 0 Å². The molecule has 5 atom stereocenters. The van der Waals surface area contributed by atoms with Crippen molar-refractivity contribution in [2.45, 2.75) is 63.0 Å². The first-order valence-electron chi connectivity index (χ1n) is 15.6. The summed E-state index contributed by atoms with van der Waals surface area (Å²) in [6.45, 7) is 0.749. The quantitative estimate of drug-likeness (QED) is 0.0850. The summed E-state index contributed by atoms with van der Waals surface area (Å²) in [5.41, 5.74) is 13.0. The zero-order chi connectivity index (χ0) is 35.8. The highest BCUT2D eigenvalue weighted by Crippen LogP contribution is 2.09. The van der Waals surface area contributed by atoms with Gasteiger partial charge in [-0.15, -0.1) is 0 Å². The van der Waals surface area contributed by atoms with Crippen molar-refractivity contribution in [3.63, 3.8) is 0 Å². The van der Waals surface area contributed by atoms with Gasteiger partial charge in [-0.2, -0.15) is 0 Å². The Kier molecular flexibility index (Phi) is 14.9. The molecule has 49 heavy (non-hydrogen) atoms. The van der Waals surface area contributed by atoms with Gasteiger partial charge in [0.05, 0.1) is 13.0 Å². The maximum atomic E-state index is 13.9. The Morgan fingerprint density at radius 2 is 1.04 bits per heavy atom. The summed E-state index contributed by atoms with van der Waals surface area (Å²) < 4.78 is 5.34. The van der Waals surface area contributed by atoms with Crippen molar-refractivity contribution >= 4 is 35.5 Å². The summed E-state index contributed by atoms with van der Waals surface area (Å²) in [5.74, 6) is -4.87. The van der Waals surface area contributed by atoms with E-state index < -0.39 is 78.7 Å². The van der Waals surface area contributed by atoms with Crippen LogP contribution in [-0.2, 0) is 53.0 Å². The largest absolute Gasteiger partial charge is 0.459 e. The molecule has 14 nitrogen and oxygen atoms in total. The zero-order valence-corrected chi connectivity index (χ0v) is 27.0. The van der Waals surface area contributed by atoms with Crippen LogP contribution in [0.3, 0.4) is 0 Å². The van der Waals surface area contributed by atoms with Gasteiger partial charge in [0.15, 0.2) is 0 Å². The van der Waals surface area contributed by atoms with E-state index in [2.05, 4.69) is 21.3 Å². The third-order valence-electron chi connectivity index (χ3n) is 7.34. The molecule has 0 bridgehead atoms. The Labute approximate surface area is 284 Å². The number of ether oxygens (including phenoxy) is 1. The Bertz CT molecular complexity index is 1560. The molecule has 0 radical (unpaired) electrons. The number of hydrogen-bond acceptors (Lipinski definition) is 9. The van der Waals surface area contributed by atoms with Gasteiger partial charge in [-0.05, 0) is 23.6 Å². The predicted octanol–water partition coefficient (Wildman–Crippen LogP) is -0.631. The molecule has 14 heteroatoms. The van der Waals surface area contributed by atoms with Crippen LogP contribution < -0.4 is 32.7 Å². The molecule has 3 aromatic carbocycles. The Hall–Kier alpha value is -5.60. The smallest absolute Gasteiger partial charge is 0.328 e. The van der Waals surface area contributed by atoms with Crippen LogP contribution in [0.4, 0.5) is 0 Å². The molecule has 9 N–H and O–H groups in total. The minimum absolute atomic E-state index is 0.00800. The van der Waals surface area contributed by atoms with E-state index in [0.717, 1.165) is 5.56 Å². The number of primary amides is 1. The Balaban J connectivity index is 1.81. The number of nitrogens with two attached hydrogens (primary N) is 2. The second kappa shape index (κ2) is 19.3. The first kappa shape index (κ1) is 37.9. The Morgan fingerprint density at radius 3 is 1.49 bits per heavy atom. The predicted molar refractivity (Wildman–Crippen MR) is 179 cm³/mol. The maximum Gasteiger partial charge on any atom is 0.328 e. The highest BCUT2D eigenvalue weighted by atomic mass is 16.5.